The van der Waals surface area contributed by atoms with Gasteiger partial charge in [0.05, 0.1) is 5.41 Å². The van der Waals surface area contributed by atoms with E-state index in [2.05, 4.69) is 10.1 Å². The van der Waals surface area contributed by atoms with Crippen molar-refractivity contribution in [1.29, 1.82) is 0 Å². The maximum atomic E-state index is 13.2. The molecule has 9 heteroatoms. The number of ether oxygens (including phenoxy) is 1. The zero-order valence-electron chi connectivity index (χ0n) is 18.1. The van der Waals surface area contributed by atoms with Crippen molar-refractivity contribution >= 4 is 17.6 Å². The molecule has 0 aromatic heterocycles. The van der Waals surface area contributed by atoms with E-state index in [9.17, 15) is 22.8 Å². The summed E-state index contributed by atoms with van der Waals surface area (Å²) in [4.78, 5) is 29.1. The third-order valence-electron chi connectivity index (χ3n) is 6.44. The number of likely N-dealkylation sites (tertiary alicyclic amines) is 1. The first-order valence-corrected chi connectivity index (χ1v) is 11.0. The second-order valence-corrected chi connectivity index (χ2v) is 8.48. The van der Waals surface area contributed by atoms with Crippen LogP contribution in [0, 0.1) is 5.41 Å². The molecule has 2 aromatic carbocycles. The fraction of sp³-hybridized carbons (Fsp3) is 0.417. The Bertz CT molecular complexity index is 972. The van der Waals surface area contributed by atoms with Gasteiger partial charge in [0.15, 0.2) is 0 Å². The summed E-state index contributed by atoms with van der Waals surface area (Å²) in [5.41, 5.74) is 1.18. The van der Waals surface area contributed by atoms with E-state index in [-0.39, 0.29) is 17.7 Å². The van der Waals surface area contributed by atoms with Crippen LogP contribution in [0.3, 0.4) is 0 Å². The van der Waals surface area contributed by atoms with Crippen LogP contribution >= 0.6 is 0 Å². The minimum Gasteiger partial charge on any atom is -0.406 e. The molecule has 0 saturated carbocycles. The molecular formula is C24H26F3N3O3. The SMILES string of the molecule is O=C(NCCc1ccccc1)N1CCC2(CC1)CCN(c1ccc(OC(F)(F)F)cc1)C2=O. The van der Waals surface area contributed by atoms with E-state index >= 15 is 0 Å². The van der Waals surface area contributed by atoms with E-state index in [0.29, 0.717) is 51.1 Å². The molecule has 0 bridgehead atoms. The first-order chi connectivity index (χ1) is 15.8. The molecule has 2 fully saturated rings. The topological polar surface area (TPSA) is 61.9 Å². The molecule has 0 unspecified atom stereocenters. The normalized spacial score (nSPS) is 18.0. The predicted octanol–water partition coefficient (Wildman–Crippen LogP) is 4.36. The third-order valence-corrected chi connectivity index (χ3v) is 6.44. The molecule has 0 atom stereocenters. The fourth-order valence-corrected chi connectivity index (χ4v) is 4.57. The number of carbonyl (C=O) groups is 2. The van der Waals surface area contributed by atoms with E-state index in [1.54, 1.807) is 9.80 Å². The number of benzene rings is 2. The molecule has 33 heavy (non-hydrogen) atoms. The lowest BCUT2D eigenvalue weighted by molar-refractivity contribution is -0.274. The van der Waals surface area contributed by atoms with Gasteiger partial charge in [-0.1, -0.05) is 30.3 Å². The number of anilines is 1. The molecule has 176 valence electrons. The zero-order valence-corrected chi connectivity index (χ0v) is 18.1. The van der Waals surface area contributed by atoms with Crippen molar-refractivity contribution in [1.82, 2.24) is 10.2 Å². The van der Waals surface area contributed by atoms with Gasteiger partial charge in [0, 0.05) is 31.9 Å². The van der Waals surface area contributed by atoms with Crippen LogP contribution < -0.4 is 15.0 Å². The van der Waals surface area contributed by atoms with Crippen molar-refractivity contribution < 1.29 is 27.5 Å². The Morgan fingerprint density at radius 3 is 2.24 bits per heavy atom. The van der Waals surface area contributed by atoms with Crippen LogP contribution in [0.5, 0.6) is 5.75 Å². The summed E-state index contributed by atoms with van der Waals surface area (Å²) in [6, 6.07) is 15.2. The molecule has 4 rings (SSSR count). The second-order valence-electron chi connectivity index (χ2n) is 8.48. The summed E-state index contributed by atoms with van der Waals surface area (Å²) in [7, 11) is 0. The highest BCUT2D eigenvalue weighted by molar-refractivity contribution is 6.00. The summed E-state index contributed by atoms with van der Waals surface area (Å²) in [6.45, 7) is 2.04. The van der Waals surface area contributed by atoms with Gasteiger partial charge in [-0.15, -0.1) is 13.2 Å². The average Bonchev–Trinajstić information content (AvgIpc) is 3.10. The summed E-state index contributed by atoms with van der Waals surface area (Å²) in [6.07, 6.45) is -2.19. The van der Waals surface area contributed by atoms with Gasteiger partial charge in [0.25, 0.3) is 0 Å². The Kier molecular flexibility index (Phi) is 6.49. The van der Waals surface area contributed by atoms with Crippen molar-refractivity contribution in [3.05, 3.63) is 60.2 Å². The highest BCUT2D eigenvalue weighted by Gasteiger charge is 2.49. The van der Waals surface area contributed by atoms with Crippen molar-refractivity contribution in [2.45, 2.75) is 32.0 Å². The number of hydrogen-bond acceptors (Lipinski definition) is 3. The number of halogens is 3. The number of piperidine rings is 1. The summed E-state index contributed by atoms with van der Waals surface area (Å²) in [5, 5.41) is 2.95. The number of nitrogens with zero attached hydrogens (tertiary/aromatic N) is 2. The molecule has 2 saturated heterocycles. The van der Waals surface area contributed by atoms with Gasteiger partial charge in [-0.3, -0.25) is 4.79 Å². The highest BCUT2D eigenvalue weighted by Crippen LogP contribution is 2.43. The second kappa shape index (κ2) is 9.33. The van der Waals surface area contributed by atoms with Gasteiger partial charge in [0.2, 0.25) is 5.91 Å². The Balaban J connectivity index is 1.28. The number of amides is 3. The van der Waals surface area contributed by atoms with E-state index in [0.717, 1.165) is 12.0 Å². The van der Waals surface area contributed by atoms with Crippen molar-refractivity contribution in [2.24, 2.45) is 5.41 Å². The Labute approximate surface area is 190 Å². The van der Waals surface area contributed by atoms with Crippen LogP contribution in [0.15, 0.2) is 54.6 Å². The minimum atomic E-state index is -4.75. The number of rotatable bonds is 5. The number of urea groups is 1. The van der Waals surface area contributed by atoms with Crippen LogP contribution in [0.4, 0.5) is 23.7 Å². The zero-order chi connectivity index (χ0) is 23.5. The molecular weight excluding hydrogens is 435 g/mol. The van der Waals surface area contributed by atoms with Crippen LogP contribution in [-0.4, -0.2) is 49.4 Å². The minimum absolute atomic E-state index is 0.0314. The Morgan fingerprint density at radius 1 is 0.970 bits per heavy atom. The lowest BCUT2D eigenvalue weighted by atomic mass is 9.77. The van der Waals surface area contributed by atoms with Crippen molar-refractivity contribution in [3.8, 4) is 5.75 Å². The highest BCUT2D eigenvalue weighted by atomic mass is 19.4. The molecule has 0 radical (unpaired) electrons. The van der Waals surface area contributed by atoms with Crippen LogP contribution in [-0.2, 0) is 11.2 Å². The number of nitrogens with one attached hydrogen (secondary N) is 1. The smallest absolute Gasteiger partial charge is 0.406 e. The predicted molar refractivity (Wildman–Crippen MR) is 117 cm³/mol. The van der Waals surface area contributed by atoms with Gasteiger partial charge in [-0.25, -0.2) is 4.79 Å². The fourth-order valence-electron chi connectivity index (χ4n) is 4.57. The van der Waals surface area contributed by atoms with E-state index < -0.39 is 11.8 Å². The van der Waals surface area contributed by atoms with Gasteiger partial charge in [-0.2, -0.15) is 0 Å². The van der Waals surface area contributed by atoms with Crippen LogP contribution in [0.1, 0.15) is 24.8 Å². The van der Waals surface area contributed by atoms with Gasteiger partial charge < -0.3 is 19.9 Å². The maximum Gasteiger partial charge on any atom is 0.573 e. The van der Waals surface area contributed by atoms with E-state index in [4.69, 9.17) is 0 Å². The molecule has 6 nitrogen and oxygen atoms in total. The largest absolute Gasteiger partial charge is 0.573 e. The van der Waals surface area contributed by atoms with Gasteiger partial charge in [0.1, 0.15) is 5.75 Å². The first-order valence-electron chi connectivity index (χ1n) is 11.0. The monoisotopic (exact) mass is 461 g/mol. The molecule has 1 spiro atoms. The Morgan fingerprint density at radius 2 is 1.61 bits per heavy atom. The number of carbonyl (C=O) groups excluding carboxylic acids is 2. The van der Waals surface area contributed by atoms with Gasteiger partial charge in [-0.05, 0) is 55.5 Å². The van der Waals surface area contributed by atoms with Crippen LogP contribution in [0.25, 0.3) is 0 Å². The molecule has 0 aliphatic carbocycles. The Hall–Kier alpha value is -3.23. The molecule has 2 heterocycles. The average molecular weight is 461 g/mol. The molecule has 2 aliphatic rings. The molecule has 2 aliphatic heterocycles. The quantitative estimate of drug-likeness (QED) is 0.720. The summed E-state index contributed by atoms with van der Waals surface area (Å²) in [5.74, 6) is -0.352. The molecule has 3 amide bonds. The van der Waals surface area contributed by atoms with Crippen molar-refractivity contribution in [3.63, 3.8) is 0 Å². The van der Waals surface area contributed by atoms with E-state index in [1.807, 2.05) is 30.3 Å². The van der Waals surface area contributed by atoms with Crippen LogP contribution in [0.2, 0.25) is 0 Å². The summed E-state index contributed by atoms with van der Waals surface area (Å²) >= 11 is 0. The lowest BCUT2D eigenvalue weighted by Gasteiger charge is -2.37. The first kappa shape index (κ1) is 22.9. The summed E-state index contributed by atoms with van der Waals surface area (Å²) < 4.78 is 41.0. The lowest BCUT2D eigenvalue weighted by Crippen LogP contribution is -2.49. The third kappa shape index (κ3) is 5.40. The number of alkyl halides is 3. The molecule has 1 N–H and O–H groups in total. The molecule has 2 aromatic rings. The van der Waals surface area contributed by atoms with E-state index in [1.165, 1.54) is 24.3 Å². The number of hydrogen-bond donors (Lipinski definition) is 1. The maximum absolute atomic E-state index is 13.2. The van der Waals surface area contributed by atoms with Crippen molar-refractivity contribution in [2.75, 3.05) is 31.1 Å². The standard InChI is InChI=1S/C24H26F3N3O3/c25-24(26,27)33-20-8-6-19(7-9-20)30-17-13-23(21(30)31)11-15-29(16-12-23)22(32)28-14-10-18-4-2-1-3-5-18/h1-9H,10-17H2,(H,28,32). The van der Waals surface area contributed by atoms with Gasteiger partial charge >= 0.3 is 12.4 Å².